The lowest BCUT2D eigenvalue weighted by atomic mass is 10.1. The summed E-state index contributed by atoms with van der Waals surface area (Å²) < 4.78 is 15.4. The highest BCUT2D eigenvalue weighted by molar-refractivity contribution is 7.17. The summed E-state index contributed by atoms with van der Waals surface area (Å²) >= 11 is 7.27. The lowest BCUT2D eigenvalue weighted by Gasteiger charge is -2.13. The van der Waals surface area contributed by atoms with Crippen LogP contribution in [0.15, 0.2) is 29.2 Å². The predicted octanol–water partition coefficient (Wildman–Crippen LogP) is 3.80. The summed E-state index contributed by atoms with van der Waals surface area (Å²) in [5.41, 5.74) is 0.598. The molecule has 11 heteroatoms. The monoisotopic (exact) mass is 431 g/mol. The number of benzene rings is 1. The summed E-state index contributed by atoms with van der Waals surface area (Å²) in [5, 5.41) is 17.3. The van der Waals surface area contributed by atoms with Gasteiger partial charge in [0.1, 0.15) is 10.8 Å². The van der Waals surface area contributed by atoms with Crippen LogP contribution in [0.2, 0.25) is 5.02 Å². The zero-order chi connectivity index (χ0) is 20.1. The van der Waals surface area contributed by atoms with E-state index in [-0.39, 0.29) is 16.6 Å². The molecule has 1 atom stereocenters. The number of nitrogens with one attached hydrogen (secondary N) is 2. The van der Waals surface area contributed by atoms with Crippen molar-refractivity contribution in [3.05, 3.63) is 57.0 Å². The Morgan fingerprint density at radius 2 is 2.21 bits per heavy atom. The number of anilines is 1. The summed E-state index contributed by atoms with van der Waals surface area (Å²) in [7, 11) is 0. The molecule has 0 unspecified atom stereocenters. The van der Waals surface area contributed by atoms with E-state index in [1.54, 1.807) is 16.9 Å². The second-order valence-corrected chi connectivity index (χ2v) is 8.42. The molecule has 29 heavy (non-hydrogen) atoms. The minimum Gasteiger partial charge on any atom is -0.355 e. The molecule has 1 fully saturated rings. The van der Waals surface area contributed by atoms with Gasteiger partial charge in [0.05, 0.1) is 22.8 Å². The van der Waals surface area contributed by atoms with Gasteiger partial charge in [-0.25, -0.2) is 9.37 Å². The lowest BCUT2D eigenvalue weighted by molar-refractivity contribution is 0.629. The molecule has 4 aromatic rings. The fraction of sp³-hybridized carbons (Fsp3) is 0.278. The molecule has 3 aromatic heterocycles. The zero-order valence-electron chi connectivity index (χ0n) is 15.2. The highest BCUT2D eigenvalue weighted by Gasteiger charge is 2.30. The average Bonchev–Trinajstić information content (AvgIpc) is 3.22. The van der Waals surface area contributed by atoms with Crippen LogP contribution in [0.1, 0.15) is 43.1 Å². The molecule has 1 aliphatic carbocycles. The molecular weight excluding hydrogens is 417 g/mol. The van der Waals surface area contributed by atoms with E-state index in [0.717, 1.165) is 23.7 Å². The molecule has 0 amide bonds. The van der Waals surface area contributed by atoms with Crippen molar-refractivity contribution >= 4 is 39.0 Å². The van der Waals surface area contributed by atoms with E-state index in [1.807, 2.05) is 6.92 Å². The van der Waals surface area contributed by atoms with Crippen molar-refractivity contribution in [2.45, 2.75) is 31.7 Å². The molecule has 0 saturated heterocycles. The third kappa shape index (κ3) is 3.38. The number of aromatic nitrogens is 6. The van der Waals surface area contributed by atoms with Crippen LogP contribution in [0, 0.1) is 5.82 Å². The first kappa shape index (κ1) is 18.2. The summed E-state index contributed by atoms with van der Waals surface area (Å²) in [4.78, 5) is 19.6. The number of thiazole rings is 1. The van der Waals surface area contributed by atoms with Gasteiger partial charge in [-0.2, -0.15) is 4.68 Å². The van der Waals surface area contributed by atoms with E-state index in [1.165, 1.54) is 23.5 Å². The first-order valence-corrected chi connectivity index (χ1v) is 10.2. The molecule has 0 aliphatic heterocycles. The molecule has 1 aliphatic rings. The van der Waals surface area contributed by atoms with Gasteiger partial charge in [-0.1, -0.05) is 22.9 Å². The van der Waals surface area contributed by atoms with Gasteiger partial charge in [-0.15, -0.1) is 5.10 Å². The molecule has 0 radical (unpaired) electrons. The van der Waals surface area contributed by atoms with E-state index in [2.05, 4.69) is 30.8 Å². The van der Waals surface area contributed by atoms with Crippen LogP contribution < -0.4 is 10.9 Å². The molecule has 5 rings (SSSR count). The van der Waals surface area contributed by atoms with Crippen LogP contribution in [-0.2, 0) is 0 Å². The quantitative estimate of drug-likeness (QED) is 0.498. The van der Waals surface area contributed by atoms with Crippen molar-refractivity contribution in [1.82, 2.24) is 30.2 Å². The van der Waals surface area contributed by atoms with Crippen LogP contribution >= 0.6 is 22.9 Å². The number of pyridine rings is 1. The minimum atomic E-state index is -0.572. The minimum absolute atomic E-state index is 0.00795. The number of H-pyrrole nitrogens is 1. The number of rotatable bonds is 5. The van der Waals surface area contributed by atoms with Crippen molar-refractivity contribution < 1.29 is 4.39 Å². The van der Waals surface area contributed by atoms with Crippen LogP contribution in [0.4, 0.5) is 9.52 Å². The molecule has 148 valence electrons. The van der Waals surface area contributed by atoms with Crippen LogP contribution in [-0.4, -0.2) is 30.2 Å². The summed E-state index contributed by atoms with van der Waals surface area (Å²) in [6.45, 7) is 1.86. The Hall–Kier alpha value is -2.85. The largest absolute Gasteiger partial charge is 0.355 e. The normalized spacial score (nSPS) is 15.0. The van der Waals surface area contributed by atoms with Gasteiger partial charge in [-0.3, -0.25) is 4.79 Å². The summed E-state index contributed by atoms with van der Waals surface area (Å²) in [6, 6.07) is 4.09. The average molecular weight is 432 g/mol. The molecule has 1 saturated carbocycles. The number of halogens is 2. The number of hydrogen-bond acceptors (Lipinski definition) is 7. The lowest BCUT2D eigenvalue weighted by Crippen LogP contribution is -2.19. The van der Waals surface area contributed by atoms with Crippen molar-refractivity contribution in [2.24, 2.45) is 0 Å². The van der Waals surface area contributed by atoms with Crippen molar-refractivity contribution in [3.8, 4) is 5.00 Å². The van der Waals surface area contributed by atoms with Gasteiger partial charge in [0.15, 0.2) is 11.0 Å². The fourth-order valence-corrected chi connectivity index (χ4v) is 4.21. The van der Waals surface area contributed by atoms with Crippen molar-refractivity contribution in [1.29, 1.82) is 0 Å². The maximum Gasteiger partial charge on any atom is 0.253 e. The zero-order valence-corrected chi connectivity index (χ0v) is 16.8. The van der Waals surface area contributed by atoms with Crippen LogP contribution in [0.5, 0.6) is 0 Å². The molecule has 2 N–H and O–H groups in total. The van der Waals surface area contributed by atoms with E-state index in [4.69, 9.17) is 11.6 Å². The first-order valence-electron chi connectivity index (χ1n) is 9.02. The van der Waals surface area contributed by atoms with E-state index >= 15 is 0 Å². The highest BCUT2D eigenvalue weighted by atomic mass is 35.5. The Morgan fingerprint density at radius 3 is 3.00 bits per heavy atom. The highest BCUT2D eigenvalue weighted by Crippen LogP contribution is 2.39. The van der Waals surface area contributed by atoms with E-state index in [0.29, 0.717) is 27.5 Å². The topological polar surface area (TPSA) is 101 Å². The second-order valence-electron chi connectivity index (χ2n) is 7.00. The Morgan fingerprint density at radius 1 is 1.38 bits per heavy atom. The maximum atomic E-state index is 13.6. The Balaban J connectivity index is 1.42. The number of fused-ring (bicyclic) bond motifs is 1. The van der Waals surface area contributed by atoms with Gasteiger partial charge in [0.25, 0.3) is 5.56 Å². The molecular formula is C18H15ClFN7OS. The summed E-state index contributed by atoms with van der Waals surface area (Å²) in [6.07, 6.45) is 3.90. The summed E-state index contributed by atoms with van der Waals surface area (Å²) in [5.74, 6) is 0.691. The number of tetrazole rings is 1. The third-order valence-corrected chi connectivity index (χ3v) is 6.05. The Kier molecular flexibility index (Phi) is 4.32. The fourth-order valence-electron chi connectivity index (χ4n) is 3.18. The standard InChI is InChI=1S/C18H15ClFN7OS/c1-8(11-4-10-5-12(19)13(20)6-14(10)23-17(11)28)22-18-21-7-15(29-18)27-16(9-2-3-9)24-25-26-27/h4-9H,2-3H2,1H3,(H,21,22)(H,23,28)/t8-/m0/s1. The molecule has 1 aromatic carbocycles. The van der Waals surface area contributed by atoms with Gasteiger partial charge in [0.2, 0.25) is 0 Å². The van der Waals surface area contributed by atoms with Gasteiger partial charge in [0, 0.05) is 16.9 Å². The van der Waals surface area contributed by atoms with Gasteiger partial charge >= 0.3 is 0 Å². The van der Waals surface area contributed by atoms with E-state index < -0.39 is 5.82 Å². The first-order chi connectivity index (χ1) is 14.0. The van der Waals surface area contributed by atoms with Crippen LogP contribution in [0.3, 0.4) is 0 Å². The Labute approximate surface area is 172 Å². The van der Waals surface area contributed by atoms with Gasteiger partial charge < -0.3 is 10.3 Å². The van der Waals surface area contributed by atoms with Crippen molar-refractivity contribution in [3.63, 3.8) is 0 Å². The van der Waals surface area contributed by atoms with Crippen molar-refractivity contribution in [2.75, 3.05) is 5.32 Å². The third-order valence-electron chi connectivity index (χ3n) is 4.86. The molecule has 8 nitrogen and oxygen atoms in total. The SMILES string of the molecule is C[C@H](Nc1ncc(-n2nnnc2C2CC2)s1)c1cc2cc(Cl)c(F)cc2[nH]c1=O. The predicted molar refractivity (Wildman–Crippen MR) is 108 cm³/mol. The van der Waals surface area contributed by atoms with Crippen LogP contribution in [0.25, 0.3) is 15.9 Å². The number of nitrogens with zero attached hydrogens (tertiary/aromatic N) is 5. The number of aromatic amines is 1. The number of hydrogen-bond donors (Lipinski definition) is 2. The van der Waals surface area contributed by atoms with E-state index in [9.17, 15) is 9.18 Å². The Bertz CT molecular complexity index is 1280. The molecule has 3 heterocycles. The second kappa shape index (κ2) is 6.89. The smallest absolute Gasteiger partial charge is 0.253 e. The maximum absolute atomic E-state index is 13.6. The molecule has 0 spiro atoms. The van der Waals surface area contributed by atoms with Gasteiger partial charge in [-0.05, 0) is 48.4 Å². The molecule has 0 bridgehead atoms.